The van der Waals surface area contributed by atoms with Gasteiger partial charge in [0, 0.05) is 18.6 Å². The third kappa shape index (κ3) is 2.72. The van der Waals surface area contributed by atoms with E-state index >= 15 is 0 Å². The van der Waals surface area contributed by atoms with Crippen LogP contribution in [0.1, 0.15) is 40.7 Å². The van der Waals surface area contributed by atoms with Crippen molar-refractivity contribution in [2.24, 2.45) is 0 Å². The van der Waals surface area contributed by atoms with Crippen molar-refractivity contribution in [3.05, 3.63) is 34.6 Å². The first-order chi connectivity index (χ1) is 8.08. The molecule has 0 bridgehead atoms. The zero-order valence-corrected chi connectivity index (χ0v) is 10.3. The summed E-state index contributed by atoms with van der Waals surface area (Å²) in [6.07, 6.45) is 2.43. The van der Waals surface area contributed by atoms with Crippen LogP contribution in [-0.4, -0.2) is 18.5 Å². The minimum absolute atomic E-state index is 0.0475. The van der Waals surface area contributed by atoms with Crippen LogP contribution in [0, 0.1) is 19.7 Å². The number of carbonyl (C=O) groups excluding carboxylic acids is 1. The number of hydrogen-bond acceptors (Lipinski definition) is 2. The second-order valence-corrected chi connectivity index (χ2v) is 4.68. The third-order valence-electron chi connectivity index (χ3n) is 3.21. The van der Waals surface area contributed by atoms with Gasteiger partial charge in [0.25, 0.3) is 0 Å². The Kier molecular flexibility index (Phi) is 3.57. The first kappa shape index (κ1) is 12.2. The van der Waals surface area contributed by atoms with E-state index in [1.54, 1.807) is 13.8 Å². The van der Waals surface area contributed by atoms with Gasteiger partial charge in [0.2, 0.25) is 0 Å². The van der Waals surface area contributed by atoms with E-state index in [9.17, 15) is 9.18 Å². The molecule has 0 aliphatic carbocycles. The van der Waals surface area contributed by atoms with Crippen LogP contribution in [0.25, 0.3) is 0 Å². The van der Waals surface area contributed by atoms with Gasteiger partial charge in [-0.25, -0.2) is 4.39 Å². The van der Waals surface area contributed by atoms with Crippen molar-refractivity contribution in [1.82, 2.24) is 0 Å². The number of carbonyl (C=O) groups is 1. The predicted octanol–water partition coefficient (Wildman–Crippen LogP) is 3.19. The number of ether oxygens (including phenoxy) is 1. The average Bonchev–Trinajstić information content (AvgIpc) is 2.68. The van der Waals surface area contributed by atoms with Gasteiger partial charge in [-0.05, 0) is 49.9 Å². The highest BCUT2D eigenvalue weighted by Crippen LogP contribution is 2.22. The van der Waals surface area contributed by atoms with E-state index < -0.39 is 0 Å². The van der Waals surface area contributed by atoms with Gasteiger partial charge in [-0.15, -0.1) is 0 Å². The molecule has 3 heteroatoms. The molecule has 0 saturated carbocycles. The standard InChI is InChI=1S/C14H17FO2/c1-9-6-11(15)7-10(2)14(9)13(16)8-12-4-3-5-17-12/h6-7,12H,3-5,8H2,1-2H3. The maximum Gasteiger partial charge on any atom is 0.165 e. The maximum atomic E-state index is 13.1. The van der Waals surface area contributed by atoms with Crippen molar-refractivity contribution in [2.45, 2.75) is 39.2 Å². The molecule has 1 aliphatic heterocycles. The number of aryl methyl sites for hydroxylation is 2. The molecule has 92 valence electrons. The van der Waals surface area contributed by atoms with Gasteiger partial charge in [0.15, 0.2) is 5.78 Å². The van der Waals surface area contributed by atoms with E-state index in [-0.39, 0.29) is 17.7 Å². The fraction of sp³-hybridized carbons (Fsp3) is 0.500. The second-order valence-electron chi connectivity index (χ2n) is 4.68. The Morgan fingerprint density at radius 2 is 2.06 bits per heavy atom. The summed E-state index contributed by atoms with van der Waals surface area (Å²) in [5, 5.41) is 0. The number of hydrogen-bond donors (Lipinski definition) is 0. The minimum Gasteiger partial charge on any atom is -0.378 e. The van der Waals surface area contributed by atoms with E-state index in [1.807, 2.05) is 0 Å². The number of Topliss-reactive ketones (excluding diaryl/α,β-unsaturated/α-hetero) is 1. The van der Waals surface area contributed by atoms with Crippen molar-refractivity contribution in [3.8, 4) is 0 Å². The lowest BCUT2D eigenvalue weighted by Gasteiger charge is -2.12. The Hall–Kier alpha value is -1.22. The highest BCUT2D eigenvalue weighted by molar-refractivity contribution is 5.99. The molecule has 1 fully saturated rings. The molecule has 1 atom stereocenters. The molecule has 1 saturated heterocycles. The summed E-state index contributed by atoms with van der Waals surface area (Å²) in [4.78, 5) is 12.2. The first-order valence-electron chi connectivity index (χ1n) is 5.99. The summed E-state index contributed by atoms with van der Waals surface area (Å²) in [6, 6.07) is 2.82. The fourth-order valence-corrected chi connectivity index (χ4v) is 2.46. The number of rotatable bonds is 3. The molecule has 0 N–H and O–H groups in total. The van der Waals surface area contributed by atoms with Crippen LogP contribution < -0.4 is 0 Å². The van der Waals surface area contributed by atoms with Crippen LogP contribution in [0.3, 0.4) is 0 Å². The van der Waals surface area contributed by atoms with Crippen molar-refractivity contribution in [2.75, 3.05) is 6.61 Å². The normalized spacial score (nSPS) is 19.6. The Morgan fingerprint density at radius 1 is 1.41 bits per heavy atom. The van der Waals surface area contributed by atoms with Crippen LogP contribution in [0.4, 0.5) is 4.39 Å². The van der Waals surface area contributed by atoms with Gasteiger partial charge in [0.05, 0.1) is 6.10 Å². The molecule has 17 heavy (non-hydrogen) atoms. The van der Waals surface area contributed by atoms with E-state index in [4.69, 9.17) is 4.74 Å². The maximum absolute atomic E-state index is 13.1. The molecule has 2 rings (SSSR count). The SMILES string of the molecule is Cc1cc(F)cc(C)c1C(=O)CC1CCCO1. The van der Waals surface area contributed by atoms with E-state index in [2.05, 4.69) is 0 Å². The summed E-state index contributed by atoms with van der Waals surface area (Å²) in [6.45, 7) is 4.30. The quantitative estimate of drug-likeness (QED) is 0.753. The van der Waals surface area contributed by atoms with Gasteiger partial charge < -0.3 is 4.74 Å². The molecule has 0 radical (unpaired) electrons. The first-order valence-corrected chi connectivity index (χ1v) is 5.99. The summed E-state index contributed by atoms with van der Waals surface area (Å²) in [5.41, 5.74) is 2.08. The molecule has 1 heterocycles. The largest absolute Gasteiger partial charge is 0.378 e. The van der Waals surface area contributed by atoms with Gasteiger partial charge in [0.1, 0.15) is 5.82 Å². The lowest BCUT2D eigenvalue weighted by atomic mass is 9.95. The average molecular weight is 236 g/mol. The lowest BCUT2D eigenvalue weighted by molar-refractivity contribution is 0.0774. The summed E-state index contributed by atoms with van der Waals surface area (Å²) < 4.78 is 18.6. The minimum atomic E-state index is -0.284. The summed E-state index contributed by atoms with van der Waals surface area (Å²) >= 11 is 0. The molecular formula is C14H17FO2. The van der Waals surface area contributed by atoms with Crippen LogP contribution in [-0.2, 0) is 4.74 Å². The Bertz CT molecular complexity index is 411. The molecule has 0 aromatic heterocycles. The zero-order valence-electron chi connectivity index (χ0n) is 10.3. The highest BCUT2D eigenvalue weighted by atomic mass is 19.1. The van der Waals surface area contributed by atoms with E-state index in [1.165, 1.54) is 12.1 Å². The van der Waals surface area contributed by atoms with Gasteiger partial charge in [-0.3, -0.25) is 4.79 Å². The molecule has 0 amide bonds. The number of halogens is 1. The Morgan fingerprint density at radius 3 is 2.59 bits per heavy atom. The van der Waals surface area contributed by atoms with Crippen LogP contribution >= 0.6 is 0 Å². The van der Waals surface area contributed by atoms with Gasteiger partial charge in [-0.1, -0.05) is 0 Å². The molecule has 1 aromatic carbocycles. The van der Waals surface area contributed by atoms with Crippen LogP contribution in [0.5, 0.6) is 0 Å². The lowest BCUT2D eigenvalue weighted by Crippen LogP contribution is -2.14. The monoisotopic (exact) mass is 236 g/mol. The molecule has 1 unspecified atom stereocenters. The van der Waals surface area contributed by atoms with Gasteiger partial charge >= 0.3 is 0 Å². The number of benzene rings is 1. The number of ketones is 1. The van der Waals surface area contributed by atoms with E-state index in [0.717, 1.165) is 19.4 Å². The molecule has 0 spiro atoms. The van der Waals surface area contributed by atoms with Crippen molar-refractivity contribution < 1.29 is 13.9 Å². The molecule has 2 nitrogen and oxygen atoms in total. The van der Waals surface area contributed by atoms with Crippen molar-refractivity contribution in [3.63, 3.8) is 0 Å². The second kappa shape index (κ2) is 4.96. The smallest absolute Gasteiger partial charge is 0.165 e. The third-order valence-corrected chi connectivity index (χ3v) is 3.21. The fourth-order valence-electron chi connectivity index (χ4n) is 2.46. The van der Waals surface area contributed by atoms with E-state index in [0.29, 0.717) is 23.1 Å². The van der Waals surface area contributed by atoms with Crippen molar-refractivity contribution in [1.29, 1.82) is 0 Å². The highest BCUT2D eigenvalue weighted by Gasteiger charge is 2.22. The zero-order chi connectivity index (χ0) is 12.4. The summed E-state index contributed by atoms with van der Waals surface area (Å²) in [5.74, 6) is -0.222. The predicted molar refractivity (Wildman–Crippen MR) is 63.8 cm³/mol. The van der Waals surface area contributed by atoms with Crippen LogP contribution in [0.15, 0.2) is 12.1 Å². The molecule has 1 aliphatic rings. The van der Waals surface area contributed by atoms with Crippen LogP contribution in [0.2, 0.25) is 0 Å². The van der Waals surface area contributed by atoms with Gasteiger partial charge in [-0.2, -0.15) is 0 Å². The molecular weight excluding hydrogens is 219 g/mol. The summed E-state index contributed by atoms with van der Waals surface area (Å²) in [7, 11) is 0. The molecule has 1 aromatic rings. The van der Waals surface area contributed by atoms with Crippen molar-refractivity contribution >= 4 is 5.78 Å². The topological polar surface area (TPSA) is 26.3 Å². The Labute approximate surface area is 101 Å². The Balaban J connectivity index is 2.18.